The molecule has 0 N–H and O–H groups in total. The van der Waals surface area contributed by atoms with Gasteiger partial charge in [0.2, 0.25) is 5.82 Å². The Balaban J connectivity index is 3.31. The zero-order chi connectivity index (χ0) is 9.30. The smallest absolute Gasteiger partial charge is 0.214 e. The lowest BCUT2D eigenvalue weighted by atomic mass is 10.3. The van der Waals surface area contributed by atoms with E-state index >= 15 is 0 Å². The quantitative estimate of drug-likeness (QED) is 0.474. The fourth-order valence-electron chi connectivity index (χ4n) is 0.608. The number of hydrogen-bond acceptors (Lipinski definition) is 1. The average molecular weight is 177 g/mol. The van der Waals surface area contributed by atoms with E-state index in [1.54, 1.807) is 0 Å². The van der Waals surface area contributed by atoms with Gasteiger partial charge < -0.3 is 0 Å². The summed E-state index contributed by atoms with van der Waals surface area (Å²) in [4.78, 5) is 2.78. The third-order valence-corrected chi connectivity index (χ3v) is 1.15. The van der Waals surface area contributed by atoms with Crippen molar-refractivity contribution in [2.24, 2.45) is 0 Å². The first-order valence-corrected chi connectivity index (χ1v) is 2.88. The predicted octanol–water partition coefficient (Wildman–Crippen LogP) is 2.44. The van der Waals surface area contributed by atoms with Crippen molar-refractivity contribution >= 4 is 5.83 Å². The summed E-state index contributed by atoms with van der Waals surface area (Å²) in [5, 5.41) is 0. The lowest BCUT2D eigenvalue weighted by molar-refractivity contribution is 0.425. The van der Waals surface area contributed by atoms with Gasteiger partial charge in [0, 0.05) is 6.07 Å². The number of hydrogen-bond donors (Lipinski definition) is 0. The molecule has 0 radical (unpaired) electrons. The molecular formula is C7H3F4N. The highest BCUT2D eigenvalue weighted by atomic mass is 19.2. The number of halogens is 4. The van der Waals surface area contributed by atoms with Crippen LogP contribution in [0.1, 0.15) is 5.69 Å². The maximum absolute atomic E-state index is 12.3. The highest BCUT2D eigenvalue weighted by Crippen LogP contribution is 2.15. The van der Waals surface area contributed by atoms with Crippen LogP contribution in [0.15, 0.2) is 12.6 Å². The first kappa shape index (κ1) is 8.70. The monoisotopic (exact) mass is 177 g/mol. The third kappa shape index (κ3) is 1.44. The van der Waals surface area contributed by atoms with E-state index in [0.29, 0.717) is 6.07 Å². The van der Waals surface area contributed by atoms with Crippen LogP contribution in [0.5, 0.6) is 0 Å². The second-order valence-electron chi connectivity index (χ2n) is 2.00. The Morgan fingerprint density at radius 1 is 1.33 bits per heavy atom. The minimum Gasteiger partial charge on any atom is -0.214 e. The molecule has 0 aliphatic carbocycles. The van der Waals surface area contributed by atoms with Crippen LogP contribution in [0.3, 0.4) is 0 Å². The topological polar surface area (TPSA) is 12.9 Å². The summed E-state index contributed by atoms with van der Waals surface area (Å²) >= 11 is 0. The maximum atomic E-state index is 12.3. The van der Waals surface area contributed by atoms with Gasteiger partial charge in [0.05, 0.1) is 0 Å². The van der Waals surface area contributed by atoms with E-state index in [0.717, 1.165) is 0 Å². The molecule has 1 rings (SSSR count). The van der Waals surface area contributed by atoms with Crippen LogP contribution in [0.25, 0.3) is 5.83 Å². The fourth-order valence-corrected chi connectivity index (χ4v) is 0.608. The third-order valence-electron chi connectivity index (χ3n) is 1.15. The van der Waals surface area contributed by atoms with Gasteiger partial charge in [-0.2, -0.15) is 8.78 Å². The molecule has 0 bridgehead atoms. The molecule has 64 valence electrons. The molecule has 0 unspecified atom stereocenters. The lowest BCUT2D eigenvalue weighted by Gasteiger charge is -1.97. The average Bonchev–Trinajstić information content (AvgIpc) is 1.99. The largest absolute Gasteiger partial charge is 0.252 e. The molecular weight excluding hydrogens is 174 g/mol. The van der Waals surface area contributed by atoms with E-state index in [9.17, 15) is 17.6 Å². The molecule has 12 heavy (non-hydrogen) atoms. The zero-order valence-corrected chi connectivity index (χ0v) is 5.74. The molecule has 1 aromatic rings. The van der Waals surface area contributed by atoms with Crippen molar-refractivity contribution in [2.45, 2.75) is 0 Å². The van der Waals surface area contributed by atoms with Crippen LogP contribution < -0.4 is 0 Å². The normalized spacial score (nSPS) is 10.0. The Labute approximate surface area is 65.4 Å². The van der Waals surface area contributed by atoms with Crippen LogP contribution in [0.2, 0.25) is 0 Å². The molecule has 1 heterocycles. The molecule has 0 spiro atoms. The van der Waals surface area contributed by atoms with Crippen LogP contribution in [-0.2, 0) is 0 Å². The summed E-state index contributed by atoms with van der Waals surface area (Å²) < 4.78 is 49.0. The van der Waals surface area contributed by atoms with Gasteiger partial charge in [-0.15, -0.1) is 0 Å². The number of rotatable bonds is 1. The Hall–Kier alpha value is -1.39. The fraction of sp³-hybridized carbons (Fsp3) is 0. The second-order valence-corrected chi connectivity index (χ2v) is 2.00. The van der Waals surface area contributed by atoms with Gasteiger partial charge in [-0.25, -0.2) is 13.8 Å². The van der Waals surface area contributed by atoms with Crippen molar-refractivity contribution < 1.29 is 17.6 Å². The maximum Gasteiger partial charge on any atom is 0.252 e. The van der Waals surface area contributed by atoms with Crippen LogP contribution in [0, 0.1) is 17.6 Å². The molecule has 0 saturated carbocycles. The number of aromatic nitrogens is 1. The van der Waals surface area contributed by atoms with E-state index in [1.807, 2.05) is 0 Å². The second kappa shape index (κ2) is 2.92. The van der Waals surface area contributed by atoms with Gasteiger partial charge in [-0.1, -0.05) is 6.58 Å². The molecule has 0 atom stereocenters. The minimum atomic E-state index is -1.72. The van der Waals surface area contributed by atoms with E-state index < -0.39 is 29.1 Å². The van der Waals surface area contributed by atoms with Crippen molar-refractivity contribution in [2.75, 3.05) is 0 Å². The summed E-state index contributed by atoms with van der Waals surface area (Å²) in [5.41, 5.74) is -0.647. The lowest BCUT2D eigenvalue weighted by Crippen LogP contribution is -1.97. The molecule has 0 aliphatic rings. The summed E-state index contributed by atoms with van der Waals surface area (Å²) in [6.07, 6.45) is 0. The van der Waals surface area contributed by atoms with Gasteiger partial charge in [-0.3, -0.25) is 0 Å². The number of nitrogens with zero attached hydrogens (tertiary/aromatic N) is 1. The SMILES string of the molecule is C=C(F)c1cc(F)c(F)c(F)n1. The van der Waals surface area contributed by atoms with Crippen molar-refractivity contribution in [3.8, 4) is 0 Å². The molecule has 0 fully saturated rings. The molecule has 0 amide bonds. The Morgan fingerprint density at radius 2 is 1.92 bits per heavy atom. The molecule has 0 saturated heterocycles. The van der Waals surface area contributed by atoms with Crippen molar-refractivity contribution in [1.82, 2.24) is 4.98 Å². The molecule has 0 aromatic carbocycles. The molecule has 5 heteroatoms. The van der Waals surface area contributed by atoms with Gasteiger partial charge in [0.1, 0.15) is 11.5 Å². The van der Waals surface area contributed by atoms with Crippen molar-refractivity contribution in [3.63, 3.8) is 0 Å². The standard InChI is InChI=1S/C7H3F4N/c1-3(8)5-2-4(9)6(10)7(11)12-5/h2H,1H2. The predicted molar refractivity (Wildman–Crippen MR) is 34.3 cm³/mol. The molecule has 0 aliphatic heterocycles. The number of pyridine rings is 1. The van der Waals surface area contributed by atoms with E-state index in [-0.39, 0.29) is 0 Å². The molecule has 1 aromatic heterocycles. The van der Waals surface area contributed by atoms with Gasteiger partial charge >= 0.3 is 0 Å². The van der Waals surface area contributed by atoms with Crippen LogP contribution >= 0.6 is 0 Å². The van der Waals surface area contributed by atoms with E-state index in [1.165, 1.54) is 0 Å². The van der Waals surface area contributed by atoms with Gasteiger partial charge in [-0.05, 0) is 0 Å². The summed E-state index contributed by atoms with van der Waals surface area (Å²) in [6.45, 7) is 2.75. The Morgan fingerprint density at radius 3 is 2.33 bits per heavy atom. The van der Waals surface area contributed by atoms with Crippen molar-refractivity contribution in [1.29, 1.82) is 0 Å². The first-order chi connectivity index (χ1) is 5.52. The van der Waals surface area contributed by atoms with Crippen LogP contribution in [-0.4, -0.2) is 4.98 Å². The van der Waals surface area contributed by atoms with Crippen LogP contribution in [0.4, 0.5) is 17.6 Å². The highest BCUT2D eigenvalue weighted by molar-refractivity contribution is 5.51. The van der Waals surface area contributed by atoms with E-state index in [4.69, 9.17) is 0 Å². The van der Waals surface area contributed by atoms with E-state index in [2.05, 4.69) is 11.6 Å². The van der Waals surface area contributed by atoms with Crippen molar-refractivity contribution in [3.05, 3.63) is 35.9 Å². The highest BCUT2D eigenvalue weighted by Gasteiger charge is 2.13. The Kier molecular flexibility index (Phi) is 2.12. The van der Waals surface area contributed by atoms with Gasteiger partial charge in [0.15, 0.2) is 5.82 Å². The van der Waals surface area contributed by atoms with Gasteiger partial charge in [0.25, 0.3) is 5.95 Å². The minimum absolute atomic E-state index is 0.431. The Bertz CT molecular complexity index is 311. The first-order valence-electron chi connectivity index (χ1n) is 2.88. The summed E-state index contributed by atoms with van der Waals surface area (Å²) in [7, 11) is 0. The summed E-state index contributed by atoms with van der Waals surface area (Å²) in [6, 6.07) is 0.431. The molecule has 1 nitrogen and oxygen atoms in total. The summed E-state index contributed by atoms with van der Waals surface area (Å²) in [5.74, 6) is -6.01. The zero-order valence-electron chi connectivity index (χ0n) is 5.74.